The summed E-state index contributed by atoms with van der Waals surface area (Å²) in [6, 6.07) is 26.7. The summed E-state index contributed by atoms with van der Waals surface area (Å²) in [7, 11) is 0. The number of nitrogens with zero attached hydrogens (tertiary/aromatic N) is 3. The Bertz CT molecular complexity index is 1070. The zero-order valence-corrected chi connectivity index (χ0v) is 14.8. The van der Waals surface area contributed by atoms with E-state index in [1.54, 1.807) is 16.8 Å². The van der Waals surface area contributed by atoms with Gasteiger partial charge in [-0.3, -0.25) is 10.1 Å². The van der Waals surface area contributed by atoms with Crippen molar-refractivity contribution in [2.45, 2.75) is 6.92 Å². The maximum absolute atomic E-state index is 12.6. The van der Waals surface area contributed by atoms with Crippen molar-refractivity contribution in [3.8, 4) is 17.1 Å². The summed E-state index contributed by atoms with van der Waals surface area (Å²) in [6.07, 6.45) is 0. The molecule has 0 saturated heterocycles. The minimum Gasteiger partial charge on any atom is -0.290 e. The van der Waals surface area contributed by atoms with E-state index >= 15 is 0 Å². The molecule has 4 aromatic rings. The first-order valence-electron chi connectivity index (χ1n) is 8.66. The summed E-state index contributed by atoms with van der Waals surface area (Å²) in [4.78, 5) is 17.2. The summed E-state index contributed by atoms with van der Waals surface area (Å²) in [5.74, 6) is 0.713. The van der Waals surface area contributed by atoms with Gasteiger partial charge >= 0.3 is 0 Å². The second kappa shape index (κ2) is 7.25. The molecule has 0 aliphatic rings. The lowest BCUT2D eigenvalue weighted by Crippen LogP contribution is -2.15. The van der Waals surface area contributed by atoms with Crippen LogP contribution in [-0.2, 0) is 0 Å². The number of benzene rings is 3. The number of rotatable bonds is 4. The number of nitrogens with one attached hydrogen (secondary N) is 1. The molecule has 5 nitrogen and oxygen atoms in total. The first-order valence-corrected chi connectivity index (χ1v) is 8.66. The fourth-order valence-electron chi connectivity index (χ4n) is 2.81. The van der Waals surface area contributed by atoms with Crippen LogP contribution in [0.4, 0.5) is 5.95 Å². The fraction of sp³-hybridized carbons (Fsp3) is 0.0455. The van der Waals surface area contributed by atoms with Crippen LogP contribution < -0.4 is 5.32 Å². The molecule has 5 heteroatoms. The van der Waals surface area contributed by atoms with E-state index in [1.165, 1.54) is 0 Å². The van der Waals surface area contributed by atoms with Gasteiger partial charge in [-0.25, -0.2) is 0 Å². The van der Waals surface area contributed by atoms with Gasteiger partial charge in [0.15, 0.2) is 5.82 Å². The van der Waals surface area contributed by atoms with Crippen molar-refractivity contribution in [2.75, 3.05) is 5.32 Å². The Kier molecular flexibility index (Phi) is 4.49. The Labute approximate surface area is 157 Å². The molecule has 1 N–H and O–H groups in total. The summed E-state index contributed by atoms with van der Waals surface area (Å²) < 4.78 is 1.66. The highest BCUT2D eigenvalue weighted by atomic mass is 16.1. The Morgan fingerprint density at radius 3 is 2.30 bits per heavy atom. The Balaban J connectivity index is 1.77. The molecule has 0 fully saturated rings. The van der Waals surface area contributed by atoms with Gasteiger partial charge in [0.1, 0.15) is 0 Å². The molecule has 0 aliphatic carbocycles. The van der Waals surface area contributed by atoms with Crippen LogP contribution >= 0.6 is 0 Å². The van der Waals surface area contributed by atoms with Crippen molar-refractivity contribution in [3.05, 3.63) is 96.1 Å². The summed E-state index contributed by atoms with van der Waals surface area (Å²) in [5.41, 5.74) is 3.40. The molecule has 27 heavy (non-hydrogen) atoms. The van der Waals surface area contributed by atoms with Gasteiger partial charge < -0.3 is 0 Å². The molecule has 0 spiro atoms. The van der Waals surface area contributed by atoms with Crippen molar-refractivity contribution in [2.24, 2.45) is 0 Å². The zero-order chi connectivity index (χ0) is 18.6. The molecule has 0 aliphatic heterocycles. The van der Waals surface area contributed by atoms with E-state index in [2.05, 4.69) is 15.4 Å². The van der Waals surface area contributed by atoms with Gasteiger partial charge in [-0.15, -0.1) is 5.10 Å². The Morgan fingerprint density at radius 1 is 0.889 bits per heavy atom. The quantitative estimate of drug-likeness (QED) is 0.587. The number of hydrogen-bond acceptors (Lipinski definition) is 3. The zero-order valence-electron chi connectivity index (χ0n) is 14.8. The number of hydrogen-bond donors (Lipinski definition) is 1. The van der Waals surface area contributed by atoms with Crippen LogP contribution in [0.15, 0.2) is 84.9 Å². The van der Waals surface area contributed by atoms with Crippen LogP contribution in [0.1, 0.15) is 15.9 Å². The second-order valence-corrected chi connectivity index (χ2v) is 6.20. The molecule has 0 atom stereocenters. The molecule has 4 rings (SSSR count). The molecule has 0 saturated carbocycles. The lowest BCUT2D eigenvalue weighted by Gasteiger charge is -2.08. The monoisotopic (exact) mass is 354 g/mol. The van der Waals surface area contributed by atoms with Crippen LogP contribution in [-0.4, -0.2) is 20.7 Å². The molecule has 3 aromatic carbocycles. The topological polar surface area (TPSA) is 59.8 Å². The molecule has 1 aromatic heterocycles. The van der Waals surface area contributed by atoms with Gasteiger partial charge in [-0.2, -0.15) is 9.67 Å². The van der Waals surface area contributed by atoms with Gasteiger partial charge in [-0.1, -0.05) is 60.7 Å². The van der Waals surface area contributed by atoms with Gasteiger partial charge in [-0.05, 0) is 36.8 Å². The normalized spacial score (nSPS) is 10.6. The number of aryl methyl sites for hydroxylation is 1. The SMILES string of the molecule is Cc1cccc(-n2nc(-c3ccccc3)nc2NC(=O)c2ccccc2)c1. The minimum atomic E-state index is -0.225. The average Bonchev–Trinajstić information content (AvgIpc) is 3.13. The first kappa shape index (κ1) is 16.7. The molecular weight excluding hydrogens is 336 g/mol. The Morgan fingerprint density at radius 2 is 1.59 bits per heavy atom. The van der Waals surface area contributed by atoms with Gasteiger partial charge in [0.2, 0.25) is 5.95 Å². The third kappa shape index (κ3) is 3.62. The van der Waals surface area contributed by atoms with Gasteiger partial charge in [0.05, 0.1) is 5.69 Å². The minimum absolute atomic E-state index is 0.225. The van der Waals surface area contributed by atoms with Crippen molar-refractivity contribution in [3.63, 3.8) is 0 Å². The number of anilines is 1. The van der Waals surface area contributed by atoms with Crippen LogP contribution in [0.25, 0.3) is 17.1 Å². The van der Waals surface area contributed by atoms with E-state index in [-0.39, 0.29) is 5.91 Å². The molecule has 132 valence electrons. The highest BCUT2D eigenvalue weighted by molar-refractivity contribution is 6.03. The average molecular weight is 354 g/mol. The van der Waals surface area contributed by atoms with Crippen LogP contribution in [0.2, 0.25) is 0 Å². The highest BCUT2D eigenvalue weighted by Gasteiger charge is 2.16. The predicted molar refractivity (Wildman–Crippen MR) is 106 cm³/mol. The van der Waals surface area contributed by atoms with Crippen molar-refractivity contribution < 1.29 is 4.79 Å². The number of aromatic nitrogens is 3. The predicted octanol–water partition coefficient (Wildman–Crippen LogP) is 4.50. The van der Waals surface area contributed by atoms with Crippen LogP contribution in [0.5, 0.6) is 0 Å². The van der Waals surface area contributed by atoms with Gasteiger partial charge in [0, 0.05) is 11.1 Å². The van der Waals surface area contributed by atoms with Crippen LogP contribution in [0, 0.1) is 6.92 Å². The van der Waals surface area contributed by atoms with Gasteiger partial charge in [0.25, 0.3) is 5.91 Å². The third-order valence-electron chi connectivity index (χ3n) is 4.15. The summed E-state index contributed by atoms with van der Waals surface area (Å²) in [6.45, 7) is 2.01. The smallest absolute Gasteiger partial charge is 0.258 e. The maximum atomic E-state index is 12.6. The molecule has 0 radical (unpaired) electrons. The number of carbonyl (C=O) groups excluding carboxylic acids is 1. The fourth-order valence-corrected chi connectivity index (χ4v) is 2.81. The number of carbonyl (C=O) groups is 1. The molecular formula is C22H18N4O. The van der Waals surface area contributed by atoms with E-state index in [0.29, 0.717) is 17.3 Å². The van der Waals surface area contributed by atoms with E-state index < -0.39 is 0 Å². The largest absolute Gasteiger partial charge is 0.290 e. The van der Waals surface area contributed by atoms with Crippen molar-refractivity contribution in [1.29, 1.82) is 0 Å². The molecule has 1 amide bonds. The van der Waals surface area contributed by atoms with E-state index in [1.807, 2.05) is 79.7 Å². The lowest BCUT2D eigenvalue weighted by atomic mass is 10.2. The second-order valence-electron chi connectivity index (χ2n) is 6.20. The molecule has 0 unspecified atom stereocenters. The van der Waals surface area contributed by atoms with Crippen molar-refractivity contribution in [1.82, 2.24) is 14.8 Å². The van der Waals surface area contributed by atoms with Crippen molar-refractivity contribution >= 4 is 11.9 Å². The molecule has 1 heterocycles. The van der Waals surface area contributed by atoms with E-state index in [0.717, 1.165) is 16.8 Å². The first-order chi connectivity index (χ1) is 13.2. The highest BCUT2D eigenvalue weighted by Crippen LogP contribution is 2.22. The Hall–Kier alpha value is -3.73. The summed E-state index contributed by atoms with van der Waals surface area (Å²) in [5, 5.41) is 7.51. The number of amides is 1. The third-order valence-corrected chi connectivity index (χ3v) is 4.15. The lowest BCUT2D eigenvalue weighted by molar-refractivity contribution is 0.102. The van der Waals surface area contributed by atoms with E-state index in [4.69, 9.17) is 0 Å². The maximum Gasteiger partial charge on any atom is 0.258 e. The van der Waals surface area contributed by atoms with Crippen LogP contribution in [0.3, 0.4) is 0 Å². The standard InChI is InChI=1S/C22H18N4O/c1-16-9-8-14-19(15-16)26-22(24-21(27)18-12-6-3-7-13-18)23-20(25-26)17-10-4-2-5-11-17/h2-15H,1H3,(H,23,24,25,27). The summed E-state index contributed by atoms with van der Waals surface area (Å²) >= 11 is 0. The van der Waals surface area contributed by atoms with E-state index in [9.17, 15) is 4.79 Å². The molecule has 0 bridgehead atoms.